The average Bonchev–Trinajstić information content (AvgIpc) is 4.15. The van der Waals surface area contributed by atoms with Crippen LogP contribution in [0.4, 0.5) is 11.4 Å². The first-order chi connectivity index (χ1) is 32.5. The van der Waals surface area contributed by atoms with Crippen LogP contribution in [0, 0.1) is 0 Å². The Morgan fingerprint density at radius 3 is 1.72 bits per heavy atom. The zero-order valence-electron chi connectivity index (χ0n) is 37.1. The van der Waals surface area contributed by atoms with E-state index in [1.807, 2.05) is 66.7 Å². The number of amides is 3. The summed E-state index contributed by atoms with van der Waals surface area (Å²) in [6.45, 7) is 1.86. The number of carboxylic acids is 1. The molecule has 0 radical (unpaired) electrons. The molecular weight excluding hydrogens is 896 g/mol. The number of ether oxygens (including phenoxy) is 2. The number of hydrogen-bond acceptors (Lipinski definition) is 9. The Labute approximate surface area is 398 Å². The van der Waals surface area contributed by atoms with Gasteiger partial charge in [0, 0.05) is 59.6 Å². The van der Waals surface area contributed by atoms with Gasteiger partial charge >= 0.3 is 5.97 Å². The van der Waals surface area contributed by atoms with E-state index in [0.717, 1.165) is 35.1 Å². The summed E-state index contributed by atoms with van der Waals surface area (Å²) in [6, 6.07) is 24.5. The Balaban J connectivity index is 1.20. The topological polar surface area (TPSA) is 235 Å². The highest BCUT2D eigenvalue weighted by Gasteiger charge is 2.40. The average molecular weight is 952 g/mol. The van der Waals surface area contributed by atoms with Gasteiger partial charge in [-0.25, -0.2) is 4.79 Å². The summed E-state index contributed by atoms with van der Waals surface area (Å²) in [6.07, 6.45) is 3.34. The number of nitrogens with one attached hydrogen (secondary N) is 3. The monoisotopic (exact) mass is 950 g/mol. The van der Waals surface area contributed by atoms with Gasteiger partial charge in [-0.1, -0.05) is 67.1 Å². The van der Waals surface area contributed by atoms with Gasteiger partial charge in [0.25, 0.3) is 11.8 Å². The highest BCUT2D eigenvalue weighted by atomic mass is 35.5. The van der Waals surface area contributed by atoms with E-state index in [-0.39, 0.29) is 73.0 Å². The van der Waals surface area contributed by atoms with E-state index in [9.17, 15) is 19.5 Å². The molecule has 0 saturated carbocycles. The molecule has 17 heteroatoms. The maximum Gasteiger partial charge on any atom is 0.326 e. The Kier molecular flexibility index (Phi) is 15.0. The normalized spacial score (nSPS) is 16.3. The van der Waals surface area contributed by atoms with Gasteiger partial charge in [0.05, 0.1) is 28.5 Å². The van der Waals surface area contributed by atoms with Crippen LogP contribution in [0.15, 0.2) is 84.9 Å². The van der Waals surface area contributed by atoms with Crippen molar-refractivity contribution in [2.75, 3.05) is 47.7 Å². The number of aliphatic carboxylic acids is 1. The van der Waals surface area contributed by atoms with Gasteiger partial charge in [0.1, 0.15) is 42.1 Å². The van der Waals surface area contributed by atoms with Crippen LogP contribution >= 0.6 is 23.2 Å². The second kappa shape index (κ2) is 21.2. The summed E-state index contributed by atoms with van der Waals surface area (Å²) in [5, 5.41) is 13.9. The van der Waals surface area contributed by atoms with Crippen LogP contribution < -0.4 is 41.8 Å². The maximum atomic E-state index is 15.1. The van der Waals surface area contributed by atoms with Crippen molar-refractivity contribution in [3.8, 4) is 11.5 Å². The molecule has 3 amide bonds. The number of rotatable bonds is 21. The van der Waals surface area contributed by atoms with Gasteiger partial charge in [-0.3, -0.25) is 14.4 Å². The molecule has 4 atom stereocenters. The number of H-pyrrole nitrogens is 2. The fraction of sp³-hybridized carbons (Fsp3) is 0.360. The van der Waals surface area contributed by atoms with Crippen molar-refractivity contribution >= 4 is 80.1 Å². The number of unbranched alkanes of at least 4 members (excludes halogenated alkanes) is 2. The zero-order chi connectivity index (χ0) is 47.2. The zero-order valence-corrected chi connectivity index (χ0v) is 38.6. The van der Waals surface area contributed by atoms with Crippen LogP contribution in [0.3, 0.4) is 0 Å². The fourth-order valence-corrected chi connectivity index (χ4v) is 9.73. The fourth-order valence-electron chi connectivity index (χ4n) is 9.22. The van der Waals surface area contributed by atoms with Crippen LogP contribution in [0.2, 0.25) is 0 Å². The Bertz CT molecular complexity index is 2750. The number of carbonyl (C=O) groups is 4. The number of carbonyl (C=O) groups excluding carboxylic acids is 3. The van der Waals surface area contributed by atoms with E-state index in [2.05, 4.69) is 15.3 Å². The van der Waals surface area contributed by atoms with Crippen LogP contribution in [0.1, 0.15) is 93.6 Å². The van der Waals surface area contributed by atoms with Crippen molar-refractivity contribution in [1.82, 2.24) is 15.3 Å². The number of hydrogen-bond donors (Lipinski definition) is 7. The highest BCUT2D eigenvalue weighted by Crippen LogP contribution is 2.49. The lowest BCUT2D eigenvalue weighted by molar-refractivity contribution is -0.139. The third-order valence-corrected chi connectivity index (χ3v) is 13.4. The van der Waals surface area contributed by atoms with Gasteiger partial charge in [-0.15, -0.1) is 23.2 Å². The van der Waals surface area contributed by atoms with Gasteiger partial charge in [0.2, 0.25) is 5.91 Å². The van der Waals surface area contributed by atoms with Gasteiger partial charge in [-0.2, -0.15) is 0 Å². The van der Waals surface area contributed by atoms with Crippen LogP contribution in [0.25, 0.3) is 21.8 Å². The number of nitrogens with two attached hydrogens (primary N) is 3. The minimum atomic E-state index is -1.15. The summed E-state index contributed by atoms with van der Waals surface area (Å²) in [4.78, 5) is 65.0. The van der Waals surface area contributed by atoms with Gasteiger partial charge < -0.3 is 56.9 Å². The minimum absolute atomic E-state index is 0.126. The molecule has 2 aromatic heterocycles. The molecule has 0 fully saturated rings. The molecule has 15 nitrogen and oxygen atoms in total. The molecular formula is C50H56Cl2N8O7. The summed E-state index contributed by atoms with van der Waals surface area (Å²) < 4.78 is 13.0. The maximum absolute atomic E-state index is 15.1. The number of carboxylic acid groups (broad SMARTS) is 1. The lowest BCUT2D eigenvalue weighted by Crippen LogP contribution is -2.43. The van der Waals surface area contributed by atoms with E-state index in [1.165, 1.54) is 0 Å². The second-order valence-electron chi connectivity index (χ2n) is 17.2. The standard InChI is InChI=1S/C50H56Cl2N8O7/c51-23-31-25-59(48(62)35(55)15-7-9-17-53)39-21-42(67-28-30-13-5-2-6-14-30)46-34(44(31)39)20-38(57-46)49(63)60-26-32(24-52)43-33-19-37(47(61)58-36(50(64)65)16-8-10-18-54)56-45(33)41(22-40(43)60)66-27-29-11-3-1-4-12-29/h1-6,11-14,19-22,31-32,35-36,56-57H,7-10,15-18,23-28,53-55H2,(H,58,61)(H,64,65)/t31-,32-,35+,36+/m1/s1. The Morgan fingerprint density at radius 2 is 1.19 bits per heavy atom. The lowest BCUT2D eigenvalue weighted by atomic mass is 9.98. The quantitative estimate of drug-likeness (QED) is 0.0282. The number of anilines is 2. The number of aromatic nitrogens is 2. The SMILES string of the molecule is NCCCC[C@H](NC(=O)c1cc2c3c(cc(OCc4ccccc4)c2[nH]1)N(C(=O)c1cc2c4c(cc(OCc5ccccc5)c2[nH]1)N(C(=O)[C@@H](N)CCCCN)C[C@H]4CCl)C[C@H]3CCl)C(=O)O. The van der Waals surface area contributed by atoms with Gasteiger partial charge in [-0.05, 0) is 79.6 Å². The first-order valence-corrected chi connectivity index (χ1v) is 23.8. The van der Waals surface area contributed by atoms with Crippen molar-refractivity contribution in [2.24, 2.45) is 17.2 Å². The van der Waals surface area contributed by atoms with Crippen molar-refractivity contribution in [3.05, 3.63) is 119 Å². The smallest absolute Gasteiger partial charge is 0.326 e. The molecule has 0 unspecified atom stereocenters. The molecule has 67 heavy (non-hydrogen) atoms. The van der Waals surface area contributed by atoms with E-state index in [0.29, 0.717) is 83.6 Å². The number of halogens is 2. The molecule has 10 N–H and O–H groups in total. The number of nitrogens with zero attached hydrogens (tertiary/aromatic N) is 2. The van der Waals surface area contributed by atoms with E-state index < -0.39 is 24.0 Å². The molecule has 0 bridgehead atoms. The molecule has 4 heterocycles. The predicted molar refractivity (Wildman–Crippen MR) is 262 cm³/mol. The summed E-state index contributed by atoms with van der Waals surface area (Å²) in [5.41, 5.74) is 23.9. The number of benzene rings is 4. The van der Waals surface area contributed by atoms with Gasteiger partial charge in [0.15, 0.2) is 0 Å². The number of alkyl halides is 2. The molecule has 4 aromatic carbocycles. The number of fused-ring (bicyclic) bond motifs is 6. The van der Waals surface area contributed by atoms with E-state index in [4.69, 9.17) is 49.9 Å². The van der Waals surface area contributed by atoms with Crippen LogP contribution in [0.5, 0.6) is 11.5 Å². The second-order valence-corrected chi connectivity index (χ2v) is 17.8. The summed E-state index contributed by atoms with van der Waals surface area (Å²) >= 11 is 13.4. The first-order valence-electron chi connectivity index (χ1n) is 22.7. The van der Waals surface area contributed by atoms with Crippen LogP contribution in [-0.2, 0) is 22.8 Å². The van der Waals surface area contributed by atoms with Crippen molar-refractivity contribution < 1.29 is 33.8 Å². The van der Waals surface area contributed by atoms with Crippen molar-refractivity contribution in [2.45, 2.75) is 75.7 Å². The molecule has 352 valence electrons. The third-order valence-electron chi connectivity index (χ3n) is 12.7. The first kappa shape index (κ1) is 47.4. The van der Waals surface area contributed by atoms with Crippen molar-refractivity contribution in [1.29, 1.82) is 0 Å². The molecule has 0 saturated heterocycles. The van der Waals surface area contributed by atoms with Crippen LogP contribution in [-0.4, -0.2) is 88.8 Å². The van der Waals surface area contributed by atoms with Crippen molar-refractivity contribution in [3.63, 3.8) is 0 Å². The molecule has 0 aliphatic carbocycles. The highest BCUT2D eigenvalue weighted by molar-refractivity contribution is 6.20. The van der Waals surface area contributed by atoms with E-state index >= 15 is 4.79 Å². The molecule has 0 spiro atoms. The molecule has 8 rings (SSSR count). The Hall–Kier alpha value is -6.10. The third kappa shape index (κ3) is 9.97. The molecule has 2 aliphatic heterocycles. The largest absolute Gasteiger partial charge is 0.487 e. The Morgan fingerprint density at radius 1 is 0.701 bits per heavy atom. The predicted octanol–water partition coefficient (Wildman–Crippen LogP) is 7.23. The number of aromatic amines is 2. The summed E-state index contributed by atoms with van der Waals surface area (Å²) in [5.74, 6) is -1.75. The van der Waals surface area contributed by atoms with E-state index in [1.54, 1.807) is 28.0 Å². The summed E-state index contributed by atoms with van der Waals surface area (Å²) in [7, 11) is 0. The minimum Gasteiger partial charge on any atom is -0.487 e. The molecule has 2 aliphatic rings. The molecule has 6 aromatic rings. The lowest BCUT2D eigenvalue weighted by Gasteiger charge is -2.22.